The number of halogens is 1. The van der Waals surface area contributed by atoms with E-state index in [1.807, 2.05) is 6.26 Å². The highest BCUT2D eigenvalue weighted by Gasteiger charge is 1.62. The highest BCUT2D eigenvalue weighted by molar-refractivity contribution is 9.54. The zero-order valence-electron chi connectivity index (χ0n) is 2.53. The summed E-state index contributed by atoms with van der Waals surface area (Å²) in [6.45, 7) is 0. The summed E-state index contributed by atoms with van der Waals surface area (Å²) in [7, 11) is -0.0579. The molecule has 0 nitrogen and oxygen atoms in total. The molecule has 0 N–H and O–H groups in total. The van der Waals surface area contributed by atoms with Crippen LogP contribution >= 0.6 is 24.1 Å². The molecular weight excluding hydrogens is 136 g/mol. The van der Waals surface area contributed by atoms with Crippen LogP contribution < -0.4 is 0 Å². The fraction of sp³-hybridized carbons (Fsp3) is 0.500. The molecule has 0 fully saturated rings. The molecule has 0 heterocycles. The van der Waals surface area contributed by atoms with Crippen LogP contribution in [0.4, 0.5) is 0 Å². The van der Waals surface area contributed by atoms with Crippen LogP contribution in [0.1, 0.15) is 0 Å². The van der Waals surface area contributed by atoms with E-state index in [0.29, 0.717) is 0 Å². The molecule has 1 radical (unpaired) electrons. The normalized spacial score (nSPS) is 11.2. The average molecular weight is 142 g/mol. The molecule has 0 aliphatic rings. The highest BCUT2D eigenvalue weighted by Crippen LogP contribution is 2.24. The van der Waals surface area contributed by atoms with E-state index in [0.717, 1.165) is 0 Å². The summed E-state index contributed by atoms with van der Waals surface area (Å²) in [5.41, 5.74) is 0. The third kappa shape index (κ3) is 13.8. The summed E-state index contributed by atoms with van der Waals surface area (Å²) < 4.78 is 0. The lowest BCUT2D eigenvalue weighted by Crippen LogP contribution is -1.36. The molecule has 2 heteroatoms. The molecule has 0 spiro atoms. The first-order valence-electron chi connectivity index (χ1n) is 0.932. The lowest BCUT2D eigenvalue weighted by atomic mass is 11.9. The van der Waals surface area contributed by atoms with E-state index in [-0.39, 0.29) is 9.33 Å². The second-order valence-corrected chi connectivity index (χ2v) is 5.45. The van der Waals surface area contributed by atoms with Crippen molar-refractivity contribution in [3.8, 4) is 0 Å². The molecule has 0 aromatic carbocycles. The van der Waals surface area contributed by atoms with Gasteiger partial charge in [0.25, 0.3) is 0 Å². The Morgan fingerprint density at radius 1 is 2.00 bits per heavy atom. The van der Waals surface area contributed by atoms with Gasteiger partial charge in [-0.3, -0.25) is 0 Å². The first kappa shape index (κ1) is 4.83. The molecule has 1 atom stereocenters. The molecule has 0 saturated carbocycles. The van der Waals surface area contributed by atoms with Gasteiger partial charge in [0, 0.05) is 0 Å². The Labute approximate surface area is 37.1 Å². The van der Waals surface area contributed by atoms with E-state index in [1.54, 1.807) is 0 Å². The van der Waals surface area contributed by atoms with Gasteiger partial charge in [0.05, 0.1) is 0 Å². The van der Waals surface area contributed by atoms with E-state index < -0.39 is 0 Å². The second-order valence-electron chi connectivity index (χ2n) is 0.605. The molecule has 0 aromatic rings. The summed E-state index contributed by atoms with van der Waals surface area (Å²) >= 11 is 3.22. The Morgan fingerprint density at radius 2 is 2.00 bits per heavy atom. The van der Waals surface area contributed by atoms with Gasteiger partial charge in [-0.1, -0.05) is 0 Å². The van der Waals surface area contributed by atoms with Crippen molar-refractivity contribution in [2.75, 3.05) is 6.26 Å². The molecule has 0 aromatic heterocycles. The van der Waals surface area contributed by atoms with Crippen molar-refractivity contribution < 1.29 is 0 Å². The smallest absolute Gasteiger partial charge is 0.00829 e. The molecular formula is C2H6BrS. The fourth-order valence-corrected chi connectivity index (χ4v) is 0. The van der Waals surface area contributed by atoms with Crippen LogP contribution in [0.2, 0.25) is 0 Å². The number of hydrogen-bond donors (Lipinski definition) is 1. The summed E-state index contributed by atoms with van der Waals surface area (Å²) in [5.74, 6) is 0. The Hall–Kier alpha value is 0.830. The second kappa shape index (κ2) is 2.09. The summed E-state index contributed by atoms with van der Waals surface area (Å²) in [5, 5.41) is 0. The zero-order chi connectivity index (χ0) is 3.58. The molecule has 0 aliphatic heterocycles. The van der Waals surface area contributed by atoms with Crippen molar-refractivity contribution in [1.29, 1.82) is 0 Å². The highest BCUT2D eigenvalue weighted by atomic mass is 79.9. The Bertz CT molecular complexity index is 10.8. The van der Waals surface area contributed by atoms with Crippen LogP contribution in [0, 0.1) is 6.26 Å². The van der Waals surface area contributed by atoms with Gasteiger partial charge in [-0.2, -0.15) is 9.33 Å². The van der Waals surface area contributed by atoms with E-state index in [4.69, 9.17) is 0 Å². The SMILES string of the molecule is [CH2][SH](C)Br. The Morgan fingerprint density at radius 3 is 2.00 bits per heavy atom. The predicted molar refractivity (Wildman–Crippen MR) is 29.2 cm³/mol. The monoisotopic (exact) mass is 141 g/mol. The molecule has 0 amide bonds. The Balaban J connectivity index is 2.32. The van der Waals surface area contributed by atoms with Crippen LogP contribution in [-0.2, 0) is 0 Å². The fourth-order valence-electron chi connectivity index (χ4n) is 0. The summed E-state index contributed by atoms with van der Waals surface area (Å²) in [6.07, 6.45) is 5.66. The van der Waals surface area contributed by atoms with Gasteiger partial charge in [0.15, 0.2) is 0 Å². The number of thiol groups is 1. The summed E-state index contributed by atoms with van der Waals surface area (Å²) in [4.78, 5) is 0. The van der Waals surface area contributed by atoms with E-state index >= 15 is 0 Å². The quantitative estimate of drug-likeness (QED) is 0.489. The van der Waals surface area contributed by atoms with Gasteiger partial charge < -0.3 is 0 Å². The van der Waals surface area contributed by atoms with Gasteiger partial charge in [-0.05, 0) is 27.3 Å². The van der Waals surface area contributed by atoms with Gasteiger partial charge in [0.2, 0.25) is 0 Å². The van der Waals surface area contributed by atoms with E-state index in [2.05, 4.69) is 21.1 Å². The van der Waals surface area contributed by atoms with Crippen LogP contribution in [-0.4, -0.2) is 6.26 Å². The third-order valence-electron chi connectivity index (χ3n) is 0. The summed E-state index contributed by atoms with van der Waals surface area (Å²) in [6, 6.07) is 0. The van der Waals surface area contributed by atoms with Crippen molar-refractivity contribution >= 4 is 24.1 Å². The molecule has 1 unspecified atom stereocenters. The van der Waals surface area contributed by atoms with Crippen LogP contribution in [0.25, 0.3) is 0 Å². The molecule has 0 bridgehead atoms. The molecule has 27 valence electrons. The zero-order valence-corrected chi connectivity index (χ0v) is 5.01. The third-order valence-corrected chi connectivity index (χ3v) is 0. The van der Waals surface area contributed by atoms with E-state index in [1.165, 1.54) is 0 Å². The van der Waals surface area contributed by atoms with Crippen LogP contribution in [0.15, 0.2) is 0 Å². The number of rotatable bonds is 0. The molecule has 0 saturated heterocycles. The van der Waals surface area contributed by atoms with E-state index in [9.17, 15) is 0 Å². The lowest BCUT2D eigenvalue weighted by Gasteiger charge is -1.84. The van der Waals surface area contributed by atoms with Crippen molar-refractivity contribution in [2.24, 2.45) is 0 Å². The standard InChI is InChI=1S/C2H6BrS/c1-4(2)3/h4H,1H2,2H3. The topological polar surface area (TPSA) is 0 Å². The first-order valence-corrected chi connectivity index (χ1v) is 4.93. The van der Waals surface area contributed by atoms with Crippen molar-refractivity contribution in [3.05, 3.63) is 6.26 Å². The molecule has 4 heavy (non-hydrogen) atoms. The molecule has 0 aliphatic carbocycles. The minimum absolute atomic E-state index is 0.0579. The Kier molecular flexibility index (Phi) is 2.52. The van der Waals surface area contributed by atoms with Crippen molar-refractivity contribution in [1.82, 2.24) is 0 Å². The van der Waals surface area contributed by atoms with Gasteiger partial charge in [-0.25, -0.2) is 0 Å². The van der Waals surface area contributed by atoms with Crippen molar-refractivity contribution in [2.45, 2.75) is 0 Å². The largest absolute Gasteiger partial charge is 0.197 e. The maximum atomic E-state index is 3.62. The maximum absolute atomic E-state index is 3.62. The first-order chi connectivity index (χ1) is 1.73. The number of hydrogen-bond acceptors (Lipinski definition) is 0. The van der Waals surface area contributed by atoms with Crippen LogP contribution in [0.3, 0.4) is 0 Å². The van der Waals surface area contributed by atoms with Crippen LogP contribution in [0.5, 0.6) is 0 Å². The molecule has 0 rings (SSSR count). The minimum atomic E-state index is -0.0579. The minimum Gasteiger partial charge on any atom is -0.197 e. The maximum Gasteiger partial charge on any atom is -0.00829 e. The average Bonchev–Trinajstić information content (AvgIpc) is 0.811. The predicted octanol–water partition coefficient (Wildman–Crippen LogP) is 1.72. The van der Waals surface area contributed by atoms with Gasteiger partial charge in [-0.15, -0.1) is 0 Å². The van der Waals surface area contributed by atoms with Gasteiger partial charge >= 0.3 is 0 Å². The van der Waals surface area contributed by atoms with Gasteiger partial charge in [0.1, 0.15) is 0 Å². The lowest BCUT2D eigenvalue weighted by molar-refractivity contribution is 2.48. The van der Waals surface area contributed by atoms with Crippen molar-refractivity contribution in [3.63, 3.8) is 0 Å².